The molecule has 1 N–H and O–H groups in total. The summed E-state index contributed by atoms with van der Waals surface area (Å²) in [6.45, 7) is 4.13. The summed E-state index contributed by atoms with van der Waals surface area (Å²) in [7, 11) is 0. The first-order valence-electron chi connectivity index (χ1n) is 3.23. The molecule has 1 unspecified atom stereocenters. The van der Waals surface area contributed by atoms with Crippen LogP contribution in [-0.4, -0.2) is 11.2 Å². The van der Waals surface area contributed by atoms with Gasteiger partial charge in [-0.2, -0.15) is 0 Å². The molecule has 0 radical (unpaired) electrons. The van der Waals surface area contributed by atoms with Crippen LogP contribution in [0.15, 0.2) is 23.3 Å². The zero-order valence-corrected chi connectivity index (χ0v) is 5.89. The average Bonchev–Trinajstić information content (AvgIpc) is 2.14. The lowest BCUT2D eigenvalue weighted by molar-refractivity contribution is 0.230. The van der Waals surface area contributed by atoms with Gasteiger partial charge in [0.25, 0.3) is 0 Å². The number of allylic oxidation sites excluding steroid dienone is 2. The Morgan fingerprint density at radius 1 is 1.67 bits per heavy atom. The smallest absolute Gasteiger partial charge is 0.0764 e. The lowest BCUT2D eigenvalue weighted by Gasteiger charge is -1.98. The van der Waals surface area contributed by atoms with Crippen molar-refractivity contribution in [2.75, 3.05) is 0 Å². The number of aliphatic hydroxyl groups is 1. The van der Waals surface area contributed by atoms with E-state index in [4.69, 9.17) is 5.11 Å². The largest absolute Gasteiger partial charge is 0.389 e. The monoisotopic (exact) mass is 124 g/mol. The highest BCUT2D eigenvalue weighted by molar-refractivity contribution is 5.30. The molecule has 0 heterocycles. The molecule has 0 saturated carbocycles. The van der Waals surface area contributed by atoms with Gasteiger partial charge in [0, 0.05) is 6.42 Å². The molecule has 1 aliphatic rings. The minimum atomic E-state index is -0.227. The lowest BCUT2D eigenvalue weighted by Crippen LogP contribution is -1.95. The van der Waals surface area contributed by atoms with Gasteiger partial charge in [-0.1, -0.05) is 17.7 Å². The Hall–Kier alpha value is -0.560. The molecular formula is C8H12O. The molecule has 0 amide bonds. The summed E-state index contributed by atoms with van der Waals surface area (Å²) in [5.41, 5.74) is 2.59. The van der Waals surface area contributed by atoms with Gasteiger partial charge in [0.2, 0.25) is 0 Å². The summed E-state index contributed by atoms with van der Waals surface area (Å²) in [6.07, 6.45) is 4.42. The van der Waals surface area contributed by atoms with Crippen LogP contribution >= 0.6 is 0 Å². The molecule has 0 aliphatic heterocycles. The number of hydrogen-bond donors (Lipinski definition) is 1. The maximum Gasteiger partial charge on any atom is 0.0764 e. The maximum atomic E-state index is 9.03. The minimum absolute atomic E-state index is 0.227. The van der Waals surface area contributed by atoms with Gasteiger partial charge in [0.15, 0.2) is 0 Å². The van der Waals surface area contributed by atoms with Gasteiger partial charge in [-0.3, -0.25) is 0 Å². The third-order valence-electron chi connectivity index (χ3n) is 1.59. The third-order valence-corrected chi connectivity index (χ3v) is 1.59. The molecule has 0 aromatic heterocycles. The Morgan fingerprint density at radius 2 is 2.33 bits per heavy atom. The standard InChI is InChI=1S/C8H12O/c1-6(2)7-3-4-8(9)5-7/h3-4,8-9H,5H2,1-2H3. The molecule has 0 saturated heterocycles. The highest BCUT2D eigenvalue weighted by Crippen LogP contribution is 2.19. The minimum Gasteiger partial charge on any atom is -0.389 e. The van der Waals surface area contributed by atoms with E-state index in [2.05, 4.69) is 13.8 Å². The lowest BCUT2D eigenvalue weighted by atomic mass is 10.1. The average molecular weight is 124 g/mol. The quantitative estimate of drug-likeness (QED) is 0.520. The van der Waals surface area contributed by atoms with Crippen molar-refractivity contribution in [3.05, 3.63) is 23.3 Å². The zero-order chi connectivity index (χ0) is 6.85. The fraction of sp³-hybridized carbons (Fsp3) is 0.500. The molecule has 0 aromatic carbocycles. The first-order valence-corrected chi connectivity index (χ1v) is 3.23. The first-order chi connectivity index (χ1) is 4.20. The molecule has 0 spiro atoms. The summed E-state index contributed by atoms with van der Waals surface area (Å²) in [6, 6.07) is 0. The number of rotatable bonds is 0. The predicted octanol–water partition coefficient (Wildman–Crippen LogP) is 1.64. The second-order valence-corrected chi connectivity index (χ2v) is 2.66. The van der Waals surface area contributed by atoms with Crippen molar-refractivity contribution in [2.24, 2.45) is 0 Å². The number of aliphatic hydroxyl groups excluding tert-OH is 1. The van der Waals surface area contributed by atoms with Crippen molar-refractivity contribution in [3.8, 4) is 0 Å². The van der Waals surface area contributed by atoms with Crippen molar-refractivity contribution in [3.63, 3.8) is 0 Å². The molecular weight excluding hydrogens is 112 g/mol. The van der Waals surface area contributed by atoms with Crippen LogP contribution in [0.2, 0.25) is 0 Å². The first kappa shape index (κ1) is 6.56. The van der Waals surface area contributed by atoms with Gasteiger partial charge in [-0.25, -0.2) is 0 Å². The van der Waals surface area contributed by atoms with E-state index in [1.807, 2.05) is 12.2 Å². The summed E-state index contributed by atoms with van der Waals surface area (Å²) < 4.78 is 0. The SMILES string of the molecule is CC(C)=C1C=CC(O)C1. The highest BCUT2D eigenvalue weighted by atomic mass is 16.3. The zero-order valence-electron chi connectivity index (χ0n) is 5.89. The van der Waals surface area contributed by atoms with E-state index in [0.29, 0.717) is 0 Å². The normalized spacial score (nSPS) is 25.2. The van der Waals surface area contributed by atoms with E-state index in [1.54, 1.807) is 0 Å². The molecule has 1 atom stereocenters. The van der Waals surface area contributed by atoms with Crippen molar-refractivity contribution < 1.29 is 5.11 Å². The van der Waals surface area contributed by atoms with E-state index >= 15 is 0 Å². The van der Waals surface area contributed by atoms with Gasteiger partial charge in [0.05, 0.1) is 6.10 Å². The Kier molecular flexibility index (Phi) is 1.72. The van der Waals surface area contributed by atoms with Crippen LogP contribution in [0, 0.1) is 0 Å². The highest BCUT2D eigenvalue weighted by Gasteiger charge is 2.09. The summed E-state index contributed by atoms with van der Waals surface area (Å²) in [5.74, 6) is 0. The van der Waals surface area contributed by atoms with Gasteiger partial charge in [0.1, 0.15) is 0 Å². The van der Waals surface area contributed by atoms with Gasteiger partial charge >= 0.3 is 0 Å². The van der Waals surface area contributed by atoms with Crippen LogP contribution in [0.4, 0.5) is 0 Å². The maximum absolute atomic E-state index is 9.03. The molecule has 0 fully saturated rings. The summed E-state index contributed by atoms with van der Waals surface area (Å²) in [5, 5.41) is 9.03. The van der Waals surface area contributed by atoms with Crippen LogP contribution in [0.3, 0.4) is 0 Å². The molecule has 1 aliphatic carbocycles. The van der Waals surface area contributed by atoms with Gasteiger partial charge in [-0.05, 0) is 19.4 Å². The Balaban J connectivity index is 2.71. The molecule has 9 heavy (non-hydrogen) atoms. The number of hydrogen-bond acceptors (Lipinski definition) is 1. The molecule has 1 nitrogen and oxygen atoms in total. The summed E-state index contributed by atoms with van der Waals surface area (Å²) in [4.78, 5) is 0. The second kappa shape index (κ2) is 2.36. The molecule has 0 aromatic rings. The topological polar surface area (TPSA) is 20.2 Å². The van der Waals surface area contributed by atoms with Crippen molar-refractivity contribution >= 4 is 0 Å². The van der Waals surface area contributed by atoms with Gasteiger partial charge < -0.3 is 5.11 Å². The van der Waals surface area contributed by atoms with Crippen LogP contribution in [0.25, 0.3) is 0 Å². The van der Waals surface area contributed by atoms with E-state index in [-0.39, 0.29) is 6.10 Å². The van der Waals surface area contributed by atoms with E-state index in [1.165, 1.54) is 11.1 Å². The van der Waals surface area contributed by atoms with Crippen molar-refractivity contribution in [1.82, 2.24) is 0 Å². The van der Waals surface area contributed by atoms with Crippen LogP contribution in [0.5, 0.6) is 0 Å². The molecule has 1 rings (SSSR count). The Labute approximate surface area is 55.7 Å². The van der Waals surface area contributed by atoms with Crippen LogP contribution in [0.1, 0.15) is 20.3 Å². The summed E-state index contributed by atoms with van der Waals surface area (Å²) >= 11 is 0. The predicted molar refractivity (Wildman–Crippen MR) is 38.1 cm³/mol. The van der Waals surface area contributed by atoms with Crippen LogP contribution in [-0.2, 0) is 0 Å². The van der Waals surface area contributed by atoms with E-state index in [9.17, 15) is 0 Å². The van der Waals surface area contributed by atoms with Crippen LogP contribution < -0.4 is 0 Å². The van der Waals surface area contributed by atoms with E-state index in [0.717, 1.165) is 6.42 Å². The second-order valence-electron chi connectivity index (χ2n) is 2.66. The van der Waals surface area contributed by atoms with Crippen molar-refractivity contribution in [1.29, 1.82) is 0 Å². The fourth-order valence-electron chi connectivity index (χ4n) is 0.959. The Morgan fingerprint density at radius 3 is 2.56 bits per heavy atom. The van der Waals surface area contributed by atoms with Crippen molar-refractivity contribution in [2.45, 2.75) is 26.4 Å². The molecule has 0 bridgehead atoms. The Bertz CT molecular complexity index is 161. The molecule has 1 heteroatoms. The third kappa shape index (κ3) is 1.42. The van der Waals surface area contributed by atoms with Gasteiger partial charge in [-0.15, -0.1) is 0 Å². The van der Waals surface area contributed by atoms with E-state index < -0.39 is 0 Å². The fourth-order valence-corrected chi connectivity index (χ4v) is 0.959. The molecule has 50 valence electrons.